The SMILES string of the molecule is COc1ccc(CNC(=O)C2CCNCC2)cc1C. The van der Waals surface area contributed by atoms with Gasteiger partial charge in [-0.25, -0.2) is 0 Å². The Balaban J connectivity index is 1.87. The van der Waals surface area contributed by atoms with Crippen LogP contribution in [0.15, 0.2) is 18.2 Å². The fourth-order valence-electron chi connectivity index (χ4n) is 2.47. The average Bonchev–Trinajstić information content (AvgIpc) is 2.46. The van der Waals surface area contributed by atoms with Crippen molar-refractivity contribution in [1.29, 1.82) is 0 Å². The van der Waals surface area contributed by atoms with Crippen molar-refractivity contribution in [3.8, 4) is 5.75 Å². The predicted molar refractivity (Wildman–Crippen MR) is 75.2 cm³/mol. The molecule has 19 heavy (non-hydrogen) atoms. The second-order valence-corrected chi connectivity index (χ2v) is 5.05. The van der Waals surface area contributed by atoms with Gasteiger partial charge in [0.1, 0.15) is 5.75 Å². The number of nitrogens with one attached hydrogen (secondary N) is 2. The van der Waals surface area contributed by atoms with Crippen molar-refractivity contribution >= 4 is 5.91 Å². The van der Waals surface area contributed by atoms with E-state index in [1.54, 1.807) is 7.11 Å². The number of ether oxygens (including phenoxy) is 1. The van der Waals surface area contributed by atoms with E-state index in [4.69, 9.17) is 4.74 Å². The molecule has 1 heterocycles. The minimum Gasteiger partial charge on any atom is -0.496 e. The molecule has 0 aliphatic carbocycles. The number of hydrogen-bond donors (Lipinski definition) is 2. The number of hydrogen-bond acceptors (Lipinski definition) is 3. The standard InChI is InChI=1S/C15H22N2O2/c1-11-9-12(3-4-14(11)19-2)10-17-15(18)13-5-7-16-8-6-13/h3-4,9,13,16H,5-8,10H2,1-2H3,(H,17,18). The molecule has 1 aromatic carbocycles. The monoisotopic (exact) mass is 262 g/mol. The number of methoxy groups -OCH3 is 1. The highest BCUT2D eigenvalue weighted by atomic mass is 16.5. The Kier molecular flexibility index (Phi) is 4.80. The molecule has 104 valence electrons. The molecule has 0 radical (unpaired) electrons. The summed E-state index contributed by atoms with van der Waals surface area (Å²) in [6.45, 7) is 4.49. The Morgan fingerprint density at radius 2 is 2.16 bits per heavy atom. The molecular weight excluding hydrogens is 240 g/mol. The first-order valence-electron chi connectivity index (χ1n) is 6.82. The van der Waals surface area contributed by atoms with Crippen LogP contribution in [-0.2, 0) is 11.3 Å². The molecule has 1 saturated heterocycles. The molecule has 2 N–H and O–H groups in total. The van der Waals surface area contributed by atoms with E-state index >= 15 is 0 Å². The van der Waals surface area contributed by atoms with Crippen molar-refractivity contribution in [1.82, 2.24) is 10.6 Å². The lowest BCUT2D eigenvalue weighted by atomic mass is 9.97. The van der Waals surface area contributed by atoms with Crippen molar-refractivity contribution in [3.05, 3.63) is 29.3 Å². The topological polar surface area (TPSA) is 50.4 Å². The molecule has 0 aromatic heterocycles. The van der Waals surface area contributed by atoms with Crippen LogP contribution in [0.4, 0.5) is 0 Å². The van der Waals surface area contributed by atoms with Crippen molar-refractivity contribution in [2.24, 2.45) is 5.92 Å². The van der Waals surface area contributed by atoms with Gasteiger partial charge in [-0.2, -0.15) is 0 Å². The zero-order valence-corrected chi connectivity index (χ0v) is 11.7. The van der Waals surface area contributed by atoms with Crippen LogP contribution in [0.5, 0.6) is 5.75 Å². The van der Waals surface area contributed by atoms with Gasteiger partial charge in [0.25, 0.3) is 0 Å². The van der Waals surface area contributed by atoms with E-state index in [2.05, 4.69) is 16.7 Å². The van der Waals surface area contributed by atoms with Gasteiger partial charge in [0, 0.05) is 12.5 Å². The van der Waals surface area contributed by atoms with Gasteiger partial charge < -0.3 is 15.4 Å². The van der Waals surface area contributed by atoms with Crippen molar-refractivity contribution in [2.75, 3.05) is 20.2 Å². The molecule has 4 heteroatoms. The summed E-state index contributed by atoms with van der Waals surface area (Å²) in [6.07, 6.45) is 1.88. The van der Waals surface area contributed by atoms with Crippen molar-refractivity contribution in [3.63, 3.8) is 0 Å². The maximum Gasteiger partial charge on any atom is 0.223 e. The van der Waals surface area contributed by atoms with E-state index in [9.17, 15) is 4.79 Å². The van der Waals surface area contributed by atoms with Gasteiger partial charge in [0.2, 0.25) is 5.91 Å². The largest absolute Gasteiger partial charge is 0.496 e. The van der Waals surface area contributed by atoms with Gasteiger partial charge in [-0.1, -0.05) is 12.1 Å². The average molecular weight is 262 g/mol. The third-order valence-corrected chi connectivity index (χ3v) is 3.64. The number of carbonyl (C=O) groups excluding carboxylic acids is 1. The number of aryl methyl sites for hydroxylation is 1. The first-order valence-corrected chi connectivity index (χ1v) is 6.82. The molecule has 1 aliphatic heterocycles. The van der Waals surface area contributed by atoms with Crippen LogP contribution in [0.25, 0.3) is 0 Å². The number of carbonyl (C=O) groups is 1. The minimum atomic E-state index is 0.167. The number of amides is 1. The zero-order valence-electron chi connectivity index (χ0n) is 11.7. The number of rotatable bonds is 4. The molecule has 0 unspecified atom stereocenters. The zero-order chi connectivity index (χ0) is 13.7. The van der Waals surface area contributed by atoms with E-state index in [1.807, 2.05) is 19.1 Å². The molecule has 1 aromatic rings. The van der Waals surface area contributed by atoms with E-state index in [0.717, 1.165) is 42.8 Å². The summed E-state index contributed by atoms with van der Waals surface area (Å²) >= 11 is 0. The first kappa shape index (κ1) is 13.9. The van der Waals surface area contributed by atoms with Crippen LogP contribution in [0.3, 0.4) is 0 Å². The van der Waals surface area contributed by atoms with Gasteiger partial charge in [-0.05, 0) is 50.0 Å². The normalized spacial score (nSPS) is 16.1. The fraction of sp³-hybridized carbons (Fsp3) is 0.533. The Bertz CT molecular complexity index is 440. The molecular formula is C15H22N2O2. The van der Waals surface area contributed by atoms with E-state index < -0.39 is 0 Å². The molecule has 1 amide bonds. The quantitative estimate of drug-likeness (QED) is 0.867. The molecule has 1 aliphatic rings. The Morgan fingerprint density at radius 3 is 2.79 bits per heavy atom. The highest BCUT2D eigenvalue weighted by Crippen LogP contribution is 2.18. The second kappa shape index (κ2) is 6.57. The maximum atomic E-state index is 12.0. The molecule has 1 fully saturated rings. The lowest BCUT2D eigenvalue weighted by molar-refractivity contribution is -0.125. The summed E-state index contributed by atoms with van der Waals surface area (Å²) in [4.78, 5) is 12.0. The number of benzene rings is 1. The Labute approximate surface area is 114 Å². The van der Waals surface area contributed by atoms with Gasteiger partial charge in [-0.3, -0.25) is 4.79 Å². The fourth-order valence-corrected chi connectivity index (χ4v) is 2.47. The lowest BCUT2D eigenvalue weighted by Gasteiger charge is -2.21. The Hall–Kier alpha value is -1.55. The smallest absolute Gasteiger partial charge is 0.223 e. The van der Waals surface area contributed by atoms with Crippen LogP contribution in [0.2, 0.25) is 0 Å². The number of piperidine rings is 1. The van der Waals surface area contributed by atoms with Crippen molar-refractivity contribution < 1.29 is 9.53 Å². The van der Waals surface area contributed by atoms with Crippen LogP contribution in [0.1, 0.15) is 24.0 Å². The van der Waals surface area contributed by atoms with Gasteiger partial charge >= 0.3 is 0 Å². The van der Waals surface area contributed by atoms with Crippen LogP contribution < -0.4 is 15.4 Å². The highest BCUT2D eigenvalue weighted by Gasteiger charge is 2.20. The predicted octanol–water partition coefficient (Wildman–Crippen LogP) is 1.62. The summed E-state index contributed by atoms with van der Waals surface area (Å²) < 4.78 is 5.23. The van der Waals surface area contributed by atoms with Gasteiger partial charge in [0.05, 0.1) is 7.11 Å². The summed E-state index contributed by atoms with van der Waals surface area (Å²) in [5.74, 6) is 1.23. The van der Waals surface area contributed by atoms with Crippen molar-refractivity contribution in [2.45, 2.75) is 26.3 Å². The summed E-state index contributed by atoms with van der Waals surface area (Å²) in [7, 11) is 1.67. The van der Waals surface area contributed by atoms with Crippen LogP contribution >= 0.6 is 0 Å². The van der Waals surface area contributed by atoms with Gasteiger partial charge in [-0.15, -0.1) is 0 Å². The minimum absolute atomic E-state index is 0.167. The third-order valence-electron chi connectivity index (χ3n) is 3.64. The molecule has 2 rings (SSSR count). The second-order valence-electron chi connectivity index (χ2n) is 5.05. The Morgan fingerprint density at radius 1 is 1.42 bits per heavy atom. The summed E-state index contributed by atoms with van der Waals surface area (Å²) in [5.41, 5.74) is 2.21. The summed E-state index contributed by atoms with van der Waals surface area (Å²) in [6, 6.07) is 6.00. The third kappa shape index (κ3) is 3.70. The molecule has 0 saturated carbocycles. The maximum absolute atomic E-state index is 12.0. The van der Waals surface area contributed by atoms with E-state index in [0.29, 0.717) is 6.54 Å². The first-order chi connectivity index (χ1) is 9.20. The summed E-state index contributed by atoms with van der Waals surface area (Å²) in [5, 5.41) is 6.30. The molecule has 0 atom stereocenters. The molecule has 4 nitrogen and oxygen atoms in total. The van der Waals surface area contributed by atoms with Crippen LogP contribution in [-0.4, -0.2) is 26.1 Å². The molecule has 0 bridgehead atoms. The lowest BCUT2D eigenvalue weighted by Crippen LogP contribution is -2.37. The highest BCUT2D eigenvalue weighted by molar-refractivity contribution is 5.78. The van der Waals surface area contributed by atoms with Crippen LogP contribution in [0, 0.1) is 12.8 Å². The van der Waals surface area contributed by atoms with Gasteiger partial charge in [0.15, 0.2) is 0 Å². The van der Waals surface area contributed by atoms with E-state index in [1.165, 1.54) is 0 Å². The van der Waals surface area contributed by atoms with E-state index in [-0.39, 0.29) is 11.8 Å². The molecule has 0 spiro atoms.